The Morgan fingerprint density at radius 1 is 1.53 bits per heavy atom. The largest absolute Gasteiger partial charge is 0.475 e. The zero-order chi connectivity index (χ0) is 11.3. The van der Waals surface area contributed by atoms with Gasteiger partial charge in [-0.1, -0.05) is 0 Å². The molecule has 0 aromatic carbocycles. The summed E-state index contributed by atoms with van der Waals surface area (Å²) in [6.45, 7) is 3.51. The van der Waals surface area contributed by atoms with Gasteiger partial charge in [0, 0.05) is 19.7 Å². The molecule has 0 saturated heterocycles. The minimum atomic E-state index is 0.426. The number of nitrogens with zero attached hydrogens (tertiary/aromatic N) is 2. The van der Waals surface area contributed by atoms with Gasteiger partial charge in [-0.25, -0.2) is 0 Å². The monoisotopic (exact) mass is 209 g/mol. The maximum absolute atomic E-state index is 8.85. The van der Waals surface area contributed by atoms with Crippen molar-refractivity contribution in [2.75, 3.05) is 26.1 Å². The van der Waals surface area contributed by atoms with E-state index in [2.05, 4.69) is 6.07 Å². The van der Waals surface area contributed by atoms with Gasteiger partial charge in [-0.15, -0.1) is 0 Å². The van der Waals surface area contributed by atoms with Crippen molar-refractivity contribution in [3.05, 3.63) is 11.8 Å². The molecular weight excluding hydrogens is 194 g/mol. The van der Waals surface area contributed by atoms with Crippen LogP contribution in [0.25, 0.3) is 0 Å². The summed E-state index contributed by atoms with van der Waals surface area (Å²) in [7, 11) is 1.60. The maximum atomic E-state index is 8.85. The molecule has 5 nitrogen and oxygen atoms in total. The molecule has 2 N–H and O–H groups in total. The predicted molar refractivity (Wildman–Crippen MR) is 56.6 cm³/mol. The molecule has 1 heterocycles. The van der Waals surface area contributed by atoms with Crippen LogP contribution >= 0.6 is 0 Å². The second-order valence-corrected chi connectivity index (χ2v) is 2.99. The summed E-state index contributed by atoms with van der Waals surface area (Å²) < 4.78 is 12.1. The van der Waals surface area contributed by atoms with E-state index in [4.69, 9.17) is 20.5 Å². The molecule has 1 aromatic rings. The minimum Gasteiger partial charge on any atom is -0.475 e. The molecule has 0 fully saturated rings. The fourth-order valence-electron chi connectivity index (χ4n) is 1.34. The number of rotatable bonds is 5. The van der Waals surface area contributed by atoms with Crippen LogP contribution in [0.5, 0.6) is 5.88 Å². The number of nitrogen functional groups attached to an aromatic ring is 1. The van der Waals surface area contributed by atoms with E-state index in [1.165, 1.54) is 0 Å². The van der Waals surface area contributed by atoms with E-state index in [-0.39, 0.29) is 0 Å². The van der Waals surface area contributed by atoms with Crippen molar-refractivity contribution < 1.29 is 9.47 Å². The van der Waals surface area contributed by atoms with E-state index in [0.29, 0.717) is 37.0 Å². The summed E-state index contributed by atoms with van der Waals surface area (Å²) in [4.78, 5) is 0. The van der Waals surface area contributed by atoms with Crippen LogP contribution in [-0.4, -0.2) is 24.9 Å². The number of anilines is 1. The first-order valence-corrected chi connectivity index (χ1v) is 4.75. The highest BCUT2D eigenvalue weighted by Crippen LogP contribution is 2.26. The topological polar surface area (TPSA) is 73.2 Å². The predicted octanol–water partition coefficient (Wildman–Crippen LogP) is 0.987. The Morgan fingerprint density at radius 2 is 2.27 bits per heavy atom. The highest BCUT2D eigenvalue weighted by atomic mass is 16.5. The molecule has 0 radical (unpaired) electrons. The molecule has 0 unspecified atom stereocenters. The normalized spacial score (nSPS) is 9.93. The van der Waals surface area contributed by atoms with Crippen molar-refractivity contribution >= 4 is 5.69 Å². The molecule has 0 bridgehead atoms. The van der Waals surface area contributed by atoms with Gasteiger partial charge >= 0.3 is 0 Å². The van der Waals surface area contributed by atoms with E-state index >= 15 is 0 Å². The highest BCUT2D eigenvalue weighted by molar-refractivity contribution is 5.55. The Kier molecular flexibility index (Phi) is 4.01. The summed E-state index contributed by atoms with van der Waals surface area (Å²) in [5.74, 6) is 0.547. The molecule has 0 saturated carbocycles. The lowest BCUT2D eigenvalue weighted by atomic mass is 10.4. The SMILES string of the molecule is CCn1c(C#N)cc(N)c1OCCOC. The average Bonchev–Trinajstić information content (AvgIpc) is 2.55. The van der Waals surface area contributed by atoms with Gasteiger partial charge in [-0.05, 0) is 6.92 Å². The van der Waals surface area contributed by atoms with Gasteiger partial charge in [-0.3, -0.25) is 0 Å². The first-order chi connectivity index (χ1) is 7.24. The quantitative estimate of drug-likeness (QED) is 0.734. The number of methoxy groups -OCH3 is 1. The van der Waals surface area contributed by atoms with Gasteiger partial charge in [-0.2, -0.15) is 5.26 Å². The van der Waals surface area contributed by atoms with E-state index in [0.717, 1.165) is 0 Å². The summed E-state index contributed by atoms with van der Waals surface area (Å²) in [6, 6.07) is 3.69. The molecule has 0 amide bonds. The zero-order valence-corrected chi connectivity index (χ0v) is 8.99. The maximum Gasteiger partial charge on any atom is 0.218 e. The van der Waals surface area contributed by atoms with Crippen LogP contribution in [0, 0.1) is 11.3 Å². The lowest BCUT2D eigenvalue weighted by Gasteiger charge is -2.09. The van der Waals surface area contributed by atoms with Crippen LogP contribution in [0.15, 0.2) is 6.07 Å². The molecule has 82 valence electrons. The van der Waals surface area contributed by atoms with Crippen LogP contribution in [-0.2, 0) is 11.3 Å². The molecule has 0 atom stereocenters. The van der Waals surface area contributed by atoms with Gasteiger partial charge in [0.05, 0.1) is 12.3 Å². The Balaban J connectivity index is 2.86. The van der Waals surface area contributed by atoms with Gasteiger partial charge in [0.2, 0.25) is 5.88 Å². The van der Waals surface area contributed by atoms with Crippen molar-refractivity contribution in [3.63, 3.8) is 0 Å². The van der Waals surface area contributed by atoms with Crippen molar-refractivity contribution in [3.8, 4) is 11.9 Å². The third-order valence-electron chi connectivity index (χ3n) is 2.03. The first kappa shape index (κ1) is 11.4. The van der Waals surface area contributed by atoms with Crippen molar-refractivity contribution in [1.29, 1.82) is 5.26 Å². The number of aromatic nitrogens is 1. The third kappa shape index (κ3) is 2.42. The van der Waals surface area contributed by atoms with Crippen LogP contribution in [0.1, 0.15) is 12.6 Å². The van der Waals surface area contributed by atoms with Gasteiger partial charge in [0.15, 0.2) is 0 Å². The van der Waals surface area contributed by atoms with Crippen molar-refractivity contribution in [1.82, 2.24) is 4.57 Å². The summed E-state index contributed by atoms with van der Waals surface area (Å²) in [5.41, 5.74) is 6.74. The second kappa shape index (κ2) is 5.27. The van der Waals surface area contributed by atoms with E-state index < -0.39 is 0 Å². The second-order valence-electron chi connectivity index (χ2n) is 2.99. The summed E-state index contributed by atoms with van der Waals surface area (Å²) in [6.07, 6.45) is 0. The Bertz CT molecular complexity index is 365. The van der Waals surface area contributed by atoms with E-state index in [1.54, 1.807) is 17.7 Å². The highest BCUT2D eigenvalue weighted by Gasteiger charge is 2.12. The third-order valence-corrected chi connectivity index (χ3v) is 2.03. The number of hydrogen-bond donors (Lipinski definition) is 1. The Labute approximate surface area is 89.0 Å². The molecule has 15 heavy (non-hydrogen) atoms. The number of ether oxygens (including phenoxy) is 2. The fourth-order valence-corrected chi connectivity index (χ4v) is 1.34. The lowest BCUT2D eigenvalue weighted by molar-refractivity contribution is 0.141. The molecule has 5 heteroatoms. The van der Waals surface area contributed by atoms with Crippen LogP contribution in [0.3, 0.4) is 0 Å². The van der Waals surface area contributed by atoms with Gasteiger partial charge in [0.25, 0.3) is 0 Å². The van der Waals surface area contributed by atoms with Crippen molar-refractivity contribution in [2.24, 2.45) is 0 Å². The van der Waals surface area contributed by atoms with E-state index in [9.17, 15) is 0 Å². The molecule has 0 aliphatic rings. The lowest BCUT2D eigenvalue weighted by Crippen LogP contribution is -2.09. The molecule has 0 spiro atoms. The molecule has 1 rings (SSSR count). The van der Waals surface area contributed by atoms with Gasteiger partial charge in [0.1, 0.15) is 18.4 Å². The first-order valence-electron chi connectivity index (χ1n) is 4.75. The minimum absolute atomic E-state index is 0.426. The fraction of sp³-hybridized carbons (Fsp3) is 0.500. The van der Waals surface area contributed by atoms with Gasteiger partial charge < -0.3 is 19.8 Å². The number of hydrogen-bond acceptors (Lipinski definition) is 4. The molecule has 0 aliphatic carbocycles. The number of nitrogens with two attached hydrogens (primary N) is 1. The Hall–Kier alpha value is -1.67. The van der Waals surface area contributed by atoms with Crippen LogP contribution in [0.2, 0.25) is 0 Å². The average molecular weight is 209 g/mol. The smallest absolute Gasteiger partial charge is 0.218 e. The van der Waals surface area contributed by atoms with Crippen LogP contribution < -0.4 is 10.5 Å². The summed E-state index contributed by atoms with van der Waals surface area (Å²) >= 11 is 0. The molecular formula is C10H15N3O2. The zero-order valence-electron chi connectivity index (χ0n) is 8.99. The number of nitriles is 1. The van der Waals surface area contributed by atoms with Crippen LogP contribution in [0.4, 0.5) is 5.69 Å². The van der Waals surface area contributed by atoms with E-state index in [1.807, 2.05) is 6.92 Å². The van der Waals surface area contributed by atoms with Crippen molar-refractivity contribution in [2.45, 2.75) is 13.5 Å². The standard InChI is InChI=1S/C10H15N3O2/c1-3-13-8(7-11)6-9(12)10(13)15-5-4-14-2/h6H,3-5,12H2,1-2H3. The summed E-state index contributed by atoms with van der Waals surface area (Å²) in [5, 5.41) is 8.85. The molecule has 0 aliphatic heterocycles. The molecule has 1 aromatic heterocycles. The Morgan fingerprint density at radius 3 is 2.80 bits per heavy atom.